The highest BCUT2D eigenvalue weighted by molar-refractivity contribution is 8.03. The largest absolute Gasteiger partial charge is 0.382 e. The molecule has 9 nitrogen and oxygen atoms in total. The summed E-state index contributed by atoms with van der Waals surface area (Å²) >= 11 is 1.53. The number of nitrogens with zero attached hydrogens (tertiary/aromatic N) is 5. The summed E-state index contributed by atoms with van der Waals surface area (Å²) in [5.74, 6) is 0.780. The highest BCUT2D eigenvalue weighted by Crippen LogP contribution is 2.33. The molecule has 10 heteroatoms. The average molecular weight is 418 g/mol. The van der Waals surface area contributed by atoms with Gasteiger partial charge in [0.25, 0.3) is 0 Å². The van der Waals surface area contributed by atoms with Gasteiger partial charge in [-0.3, -0.25) is 15.0 Å². The third-order valence-corrected chi connectivity index (χ3v) is 4.63. The Balaban J connectivity index is 0.000000242. The van der Waals surface area contributed by atoms with Crippen LogP contribution in [-0.2, 0) is 10.5 Å². The van der Waals surface area contributed by atoms with Gasteiger partial charge in [0.15, 0.2) is 0 Å². The Morgan fingerprint density at radius 2 is 1.93 bits per heavy atom. The van der Waals surface area contributed by atoms with Crippen molar-refractivity contribution < 1.29 is 9.53 Å². The van der Waals surface area contributed by atoms with Crippen LogP contribution in [0.25, 0.3) is 0 Å². The molecule has 0 saturated carbocycles. The summed E-state index contributed by atoms with van der Waals surface area (Å²) in [6.07, 6.45) is 10.4. The summed E-state index contributed by atoms with van der Waals surface area (Å²) in [6, 6.07) is 3.67. The van der Waals surface area contributed by atoms with Crippen LogP contribution in [0.3, 0.4) is 0 Å². The zero-order chi connectivity index (χ0) is 21.1. The van der Waals surface area contributed by atoms with Crippen LogP contribution in [0.2, 0.25) is 0 Å². The fourth-order valence-corrected chi connectivity index (χ4v) is 3.37. The molecule has 1 unspecified atom stereocenters. The second kappa shape index (κ2) is 11.9. The standard InChI is InChI=1S/C13H19N3O2S.2C3H4N2/c1-5-18-9(2)16-6-10-11(14-16)8-19-12(13(10)17)7-15(3)4;2*1-2-4-5-3-1/h6-7,9H,5,8H2,1-4H3;2*1-3H,(H,4,5). The van der Waals surface area contributed by atoms with E-state index in [1.54, 1.807) is 35.7 Å². The minimum absolute atomic E-state index is 0.0508. The molecule has 0 saturated heterocycles. The van der Waals surface area contributed by atoms with Gasteiger partial charge in [0.1, 0.15) is 6.23 Å². The lowest BCUT2D eigenvalue weighted by Gasteiger charge is -2.14. The molecule has 4 rings (SSSR count). The van der Waals surface area contributed by atoms with Crippen LogP contribution in [-0.4, -0.2) is 61.6 Å². The first-order valence-electron chi connectivity index (χ1n) is 9.15. The quantitative estimate of drug-likeness (QED) is 0.629. The Kier molecular flexibility index (Phi) is 9.19. The van der Waals surface area contributed by atoms with Crippen molar-refractivity contribution in [2.75, 3.05) is 20.7 Å². The summed E-state index contributed by atoms with van der Waals surface area (Å²) in [4.78, 5) is 15.0. The number of carbonyl (C=O) groups is 1. The van der Waals surface area contributed by atoms with E-state index in [0.717, 1.165) is 16.4 Å². The van der Waals surface area contributed by atoms with Crippen LogP contribution in [0, 0.1) is 0 Å². The Morgan fingerprint density at radius 1 is 1.28 bits per heavy atom. The number of hydrogen-bond donors (Lipinski definition) is 2. The zero-order valence-corrected chi connectivity index (χ0v) is 17.9. The molecular formula is C19H27N7O2S. The van der Waals surface area contributed by atoms with Gasteiger partial charge in [-0.2, -0.15) is 15.3 Å². The van der Waals surface area contributed by atoms with Gasteiger partial charge in [-0.1, -0.05) is 0 Å². The molecule has 4 heterocycles. The first kappa shape index (κ1) is 22.4. The normalized spacial score (nSPS) is 14.9. The van der Waals surface area contributed by atoms with Gasteiger partial charge in [-0.05, 0) is 26.0 Å². The van der Waals surface area contributed by atoms with Crippen LogP contribution in [0.15, 0.2) is 54.2 Å². The number of allylic oxidation sites excluding steroid dienone is 1. The second-order valence-corrected chi connectivity index (χ2v) is 7.15. The number of aromatic nitrogens is 6. The van der Waals surface area contributed by atoms with Crippen molar-refractivity contribution in [2.45, 2.75) is 25.8 Å². The number of thioether (sulfide) groups is 1. The second-order valence-electron chi connectivity index (χ2n) is 6.13. The number of rotatable bonds is 4. The van der Waals surface area contributed by atoms with Crippen molar-refractivity contribution in [3.8, 4) is 0 Å². The molecule has 1 aliphatic heterocycles. The molecule has 0 amide bonds. The highest BCUT2D eigenvalue weighted by atomic mass is 32.2. The lowest BCUT2D eigenvalue weighted by molar-refractivity contribution is 0.0157. The number of hydrogen-bond acceptors (Lipinski definition) is 7. The number of ketones is 1. The predicted molar refractivity (Wildman–Crippen MR) is 113 cm³/mol. The van der Waals surface area contributed by atoms with E-state index >= 15 is 0 Å². The third kappa shape index (κ3) is 7.24. The van der Waals surface area contributed by atoms with Gasteiger partial charge in [-0.25, -0.2) is 4.68 Å². The lowest BCUT2D eigenvalue weighted by atomic mass is 10.1. The van der Waals surface area contributed by atoms with Crippen molar-refractivity contribution in [2.24, 2.45) is 0 Å². The van der Waals surface area contributed by atoms with E-state index in [1.807, 2.05) is 51.2 Å². The molecule has 0 radical (unpaired) electrons. The van der Waals surface area contributed by atoms with Crippen LogP contribution in [0.5, 0.6) is 0 Å². The first-order chi connectivity index (χ1) is 14.0. The summed E-state index contributed by atoms with van der Waals surface area (Å²) in [7, 11) is 3.83. The van der Waals surface area contributed by atoms with E-state index in [9.17, 15) is 4.79 Å². The number of aromatic amines is 2. The minimum atomic E-state index is -0.144. The predicted octanol–water partition coefficient (Wildman–Crippen LogP) is 3.09. The van der Waals surface area contributed by atoms with E-state index in [-0.39, 0.29) is 12.0 Å². The van der Waals surface area contributed by atoms with Crippen LogP contribution < -0.4 is 0 Å². The number of fused-ring (bicyclic) bond motifs is 1. The topological polar surface area (TPSA) is 105 Å². The average Bonchev–Trinajstić information content (AvgIpc) is 3.47. The lowest BCUT2D eigenvalue weighted by Crippen LogP contribution is -2.12. The summed E-state index contributed by atoms with van der Waals surface area (Å²) in [5.41, 5.74) is 1.54. The highest BCUT2D eigenvalue weighted by Gasteiger charge is 2.27. The number of carbonyl (C=O) groups excluding carboxylic acids is 1. The number of ether oxygens (including phenoxy) is 1. The molecule has 3 aromatic rings. The smallest absolute Gasteiger partial charge is 0.204 e. The fourth-order valence-electron chi connectivity index (χ4n) is 2.33. The van der Waals surface area contributed by atoms with Crippen molar-refractivity contribution in [3.05, 3.63) is 65.5 Å². The first-order valence-corrected chi connectivity index (χ1v) is 10.1. The number of H-pyrrole nitrogens is 2. The molecule has 0 aliphatic carbocycles. The Labute approximate surface area is 174 Å². The van der Waals surface area contributed by atoms with Crippen LogP contribution >= 0.6 is 11.8 Å². The Hall–Kier alpha value is -2.85. The van der Waals surface area contributed by atoms with Gasteiger partial charge in [0.05, 0.1) is 16.2 Å². The van der Waals surface area contributed by atoms with E-state index in [4.69, 9.17) is 4.74 Å². The van der Waals surface area contributed by atoms with Gasteiger partial charge in [0, 0.05) is 63.6 Å². The van der Waals surface area contributed by atoms with Gasteiger partial charge in [-0.15, -0.1) is 11.8 Å². The molecule has 0 bridgehead atoms. The molecular weight excluding hydrogens is 390 g/mol. The molecule has 0 fully saturated rings. The molecule has 0 spiro atoms. The maximum Gasteiger partial charge on any atom is 0.204 e. The molecule has 0 aromatic carbocycles. The molecule has 2 N–H and O–H groups in total. The van der Waals surface area contributed by atoms with Gasteiger partial charge < -0.3 is 9.64 Å². The Bertz CT molecular complexity index is 797. The molecule has 1 atom stereocenters. The van der Waals surface area contributed by atoms with Crippen LogP contribution in [0.4, 0.5) is 0 Å². The molecule has 156 valence electrons. The van der Waals surface area contributed by atoms with Gasteiger partial charge in [0.2, 0.25) is 5.78 Å². The Morgan fingerprint density at radius 3 is 2.38 bits per heavy atom. The van der Waals surface area contributed by atoms with Gasteiger partial charge >= 0.3 is 0 Å². The van der Waals surface area contributed by atoms with Crippen molar-refractivity contribution in [1.29, 1.82) is 0 Å². The van der Waals surface area contributed by atoms with E-state index in [2.05, 4.69) is 25.5 Å². The zero-order valence-electron chi connectivity index (χ0n) is 17.1. The number of Topliss-reactive ketones (excluding diaryl/α,β-unsaturated/α-hetero) is 1. The third-order valence-electron chi connectivity index (χ3n) is 3.61. The van der Waals surface area contributed by atoms with Crippen molar-refractivity contribution in [3.63, 3.8) is 0 Å². The molecule has 3 aromatic heterocycles. The van der Waals surface area contributed by atoms with Crippen molar-refractivity contribution in [1.82, 2.24) is 35.1 Å². The fraction of sp³-hybridized carbons (Fsp3) is 0.368. The van der Waals surface area contributed by atoms with E-state index in [1.165, 1.54) is 11.8 Å². The summed E-state index contributed by atoms with van der Waals surface area (Å²) in [5, 5.41) is 16.9. The van der Waals surface area contributed by atoms with Crippen molar-refractivity contribution >= 4 is 17.5 Å². The SMILES string of the molecule is CCOC(C)n1cc2c(n1)CSC(=CN(C)C)C2=O.c1cn[nH]c1.c1cn[nH]c1. The maximum atomic E-state index is 12.3. The summed E-state index contributed by atoms with van der Waals surface area (Å²) < 4.78 is 7.22. The van der Waals surface area contributed by atoms with E-state index < -0.39 is 0 Å². The summed E-state index contributed by atoms with van der Waals surface area (Å²) in [6.45, 7) is 4.50. The van der Waals surface area contributed by atoms with Crippen LogP contribution in [0.1, 0.15) is 36.1 Å². The molecule has 1 aliphatic rings. The van der Waals surface area contributed by atoms with E-state index in [0.29, 0.717) is 12.2 Å². The number of nitrogens with one attached hydrogen (secondary N) is 2. The molecule has 29 heavy (non-hydrogen) atoms. The minimum Gasteiger partial charge on any atom is -0.382 e. The maximum absolute atomic E-state index is 12.3. The monoisotopic (exact) mass is 417 g/mol.